The summed E-state index contributed by atoms with van der Waals surface area (Å²) in [7, 11) is 0. The van der Waals surface area contributed by atoms with E-state index in [1.165, 1.54) is 0 Å². The summed E-state index contributed by atoms with van der Waals surface area (Å²) >= 11 is 0. The van der Waals surface area contributed by atoms with Crippen molar-refractivity contribution >= 4 is 23.7 Å². The maximum Gasteiger partial charge on any atom is 0.326 e. The van der Waals surface area contributed by atoms with Crippen LogP contribution in [0.1, 0.15) is 28.8 Å². The summed E-state index contributed by atoms with van der Waals surface area (Å²) in [6.45, 7) is 2.33. The van der Waals surface area contributed by atoms with Crippen molar-refractivity contribution in [3.63, 3.8) is 0 Å². The van der Waals surface area contributed by atoms with Crippen molar-refractivity contribution in [1.82, 2.24) is 20.3 Å². The molecule has 2 fully saturated rings. The van der Waals surface area contributed by atoms with Gasteiger partial charge in [-0.3, -0.25) is 19.7 Å². The number of benzene rings is 1. The molecule has 0 atom stereocenters. The lowest BCUT2D eigenvalue weighted by atomic mass is 10.1. The minimum absolute atomic E-state index is 0.172. The maximum atomic E-state index is 13.4. The number of piperazine rings is 1. The van der Waals surface area contributed by atoms with Crippen molar-refractivity contribution in [3.05, 3.63) is 59.8 Å². The van der Waals surface area contributed by atoms with Crippen LogP contribution in [0.3, 0.4) is 0 Å². The van der Waals surface area contributed by atoms with E-state index < -0.39 is 5.91 Å². The van der Waals surface area contributed by atoms with Crippen molar-refractivity contribution in [1.29, 1.82) is 0 Å². The molecular formula is C22H25N5O4. The van der Waals surface area contributed by atoms with Crippen LogP contribution in [0.2, 0.25) is 0 Å². The molecule has 1 aliphatic heterocycles. The summed E-state index contributed by atoms with van der Waals surface area (Å²) < 4.78 is 0. The molecule has 1 saturated heterocycles. The summed E-state index contributed by atoms with van der Waals surface area (Å²) in [5.74, 6) is 0.327. The van der Waals surface area contributed by atoms with E-state index in [1.807, 2.05) is 11.0 Å². The first-order valence-electron chi connectivity index (χ1n) is 10.4. The Labute approximate surface area is 180 Å². The van der Waals surface area contributed by atoms with Crippen molar-refractivity contribution in [2.45, 2.75) is 19.4 Å². The lowest BCUT2D eigenvalue weighted by Gasteiger charge is -2.37. The fourth-order valence-corrected chi connectivity index (χ4v) is 3.65. The average molecular weight is 423 g/mol. The van der Waals surface area contributed by atoms with Gasteiger partial charge in [-0.1, -0.05) is 18.2 Å². The van der Waals surface area contributed by atoms with Crippen LogP contribution in [0.15, 0.2) is 48.7 Å². The van der Waals surface area contributed by atoms with Gasteiger partial charge in [0.05, 0.1) is 6.54 Å². The molecule has 9 nitrogen and oxygen atoms in total. The molecule has 0 bridgehead atoms. The third-order valence-corrected chi connectivity index (χ3v) is 5.60. The molecule has 2 aromatic rings. The van der Waals surface area contributed by atoms with Crippen LogP contribution < -0.4 is 10.4 Å². The molecule has 0 radical (unpaired) electrons. The van der Waals surface area contributed by atoms with E-state index in [4.69, 9.17) is 5.21 Å². The van der Waals surface area contributed by atoms with E-state index >= 15 is 0 Å². The first-order chi connectivity index (χ1) is 15.1. The molecule has 1 aliphatic carbocycles. The third-order valence-electron chi connectivity index (χ3n) is 5.60. The van der Waals surface area contributed by atoms with Gasteiger partial charge >= 0.3 is 6.03 Å². The van der Waals surface area contributed by atoms with Gasteiger partial charge in [-0.15, -0.1) is 0 Å². The van der Waals surface area contributed by atoms with E-state index in [1.54, 1.807) is 57.9 Å². The Balaban J connectivity index is 1.47. The fraction of sp³-hybridized carbons (Fsp3) is 0.364. The zero-order valence-corrected chi connectivity index (χ0v) is 17.1. The summed E-state index contributed by atoms with van der Waals surface area (Å²) in [6.07, 6.45) is 3.59. The molecule has 1 saturated carbocycles. The fourth-order valence-electron chi connectivity index (χ4n) is 3.65. The minimum atomic E-state index is -0.595. The minimum Gasteiger partial charge on any atom is -0.339 e. The lowest BCUT2D eigenvalue weighted by Crippen LogP contribution is -2.54. The van der Waals surface area contributed by atoms with Crippen molar-refractivity contribution in [2.75, 3.05) is 31.1 Å². The standard InChI is InChI=1S/C22H25N5O4/c28-20(24-31)17-6-4-16(5-7-17)15-27(19-3-1-2-10-23-19)22(30)26-13-11-25(12-14-26)21(29)18-8-9-18/h1-7,10,18,31H,8-9,11-15H2,(H,24,28). The number of nitrogens with zero attached hydrogens (tertiary/aromatic N) is 4. The second-order valence-corrected chi connectivity index (χ2v) is 7.78. The van der Waals surface area contributed by atoms with Gasteiger partial charge in [0.25, 0.3) is 5.91 Å². The van der Waals surface area contributed by atoms with Crippen LogP contribution in [0, 0.1) is 5.92 Å². The van der Waals surface area contributed by atoms with E-state index in [0.29, 0.717) is 37.6 Å². The number of nitrogens with one attached hydrogen (secondary N) is 1. The topological polar surface area (TPSA) is 106 Å². The number of pyridine rings is 1. The van der Waals surface area contributed by atoms with Crippen LogP contribution in [0.5, 0.6) is 0 Å². The van der Waals surface area contributed by atoms with Gasteiger partial charge in [0.1, 0.15) is 5.82 Å². The molecule has 4 amide bonds. The zero-order chi connectivity index (χ0) is 21.8. The Morgan fingerprint density at radius 3 is 2.26 bits per heavy atom. The molecule has 31 heavy (non-hydrogen) atoms. The van der Waals surface area contributed by atoms with Gasteiger partial charge in [-0.2, -0.15) is 0 Å². The Morgan fingerprint density at radius 1 is 1.00 bits per heavy atom. The van der Waals surface area contributed by atoms with Gasteiger partial charge in [0, 0.05) is 43.9 Å². The molecule has 162 valence electrons. The second kappa shape index (κ2) is 9.13. The SMILES string of the molecule is O=C(NO)c1ccc(CN(C(=O)N2CCN(C(=O)C3CC3)CC2)c2ccccn2)cc1. The Bertz CT molecular complexity index is 938. The van der Waals surface area contributed by atoms with E-state index in [0.717, 1.165) is 18.4 Å². The Kier molecular flexibility index (Phi) is 6.13. The number of hydrogen-bond acceptors (Lipinski definition) is 5. The molecule has 1 aromatic heterocycles. The molecule has 9 heteroatoms. The molecular weight excluding hydrogens is 398 g/mol. The summed E-state index contributed by atoms with van der Waals surface area (Å²) in [5, 5.41) is 8.76. The van der Waals surface area contributed by atoms with Gasteiger partial charge in [-0.25, -0.2) is 15.3 Å². The smallest absolute Gasteiger partial charge is 0.326 e. The van der Waals surface area contributed by atoms with Crippen LogP contribution in [-0.4, -0.2) is 64.0 Å². The Morgan fingerprint density at radius 2 is 1.68 bits per heavy atom. The van der Waals surface area contributed by atoms with Gasteiger partial charge < -0.3 is 9.80 Å². The quantitative estimate of drug-likeness (QED) is 0.564. The molecule has 2 aliphatic rings. The second-order valence-electron chi connectivity index (χ2n) is 7.78. The number of aromatic nitrogens is 1. The van der Waals surface area contributed by atoms with E-state index in [9.17, 15) is 14.4 Å². The average Bonchev–Trinajstić information content (AvgIpc) is 3.68. The van der Waals surface area contributed by atoms with E-state index in [-0.39, 0.29) is 24.4 Å². The number of anilines is 1. The Hall–Kier alpha value is -3.46. The summed E-state index contributed by atoms with van der Waals surface area (Å²) in [4.78, 5) is 46.7. The van der Waals surface area contributed by atoms with Crippen LogP contribution >= 0.6 is 0 Å². The molecule has 2 N–H and O–H groups in total. The summed E-state index contributed by atoms with van der Waals surface area (Å²) in [6, 6.07) is 11.9. The molecule has 1 aromatic carbocycles. The van der Waals surface area contributed by atoms with Gasteiger partial charge in [0.15, 0.2) is 0 Å². The number of carbonyl (C=O) groups is 3. The number of carbonyl (C=O) groups excluding carboxylic acids is 3. The maximum absolute atomic E-state index is 13.4. The number of hydrogen-bond donors (Lipinski definition) is 2. The number of urea groups is 1. The van der Waals surface area contributed by atoms with E-state index in [2.05, 4.69) is 4.98 Å². The predicted molar refractivity (Wildman–Crippen MR) is 112 cm³/mol. The van der Waals surface area contributed by atoms with Crippen molar-refractivity contribution < 1.29 is 19.6 Å². The molecule has 0 unspecified atom stereocenters. The van der Waals surface area contributed by atoms with Crippen LogP contribution in [0.4, 0.5) is 10.6 Å². The number of hydroxylamine groups is 1. The van der Waals surface area contributed by atoms with Crippen LogP contribution in [-0.2, 0) is 11.3 Å². The highest BCUT2D eigenvalue weighted by Crippen LogP contribution is 2.31. The predicted octanol–water partition coefficient (Wildman–Crippen LogP) is 1.88. The highest BCUT2D eigenvalue weighted by Gasteiger charge is 2.36. The summed E-state index contributed by atoms with van der Waals surface area (Å²) in [5.41, 5.74) is 2.74. The largest absolute Gasteiger partial charge is 0.339 e. The van der Waals surface area contributed by atoms with Gasteiger partial charge in [-0.05, 0) is 42.7 Å². The highest BCUT2D eigenvalue weighted by molar-refractivity contribution is 5.93. The van der Waals surface area contributed by atoms with Gasteiger partial charge in [0.2, 0.25) is 5.91 Å². The lowest BCUT2D eigenvalue weighted by molar-refractivity contribution is -0.133. The first kappa shape index (κ1) is 20.8. The zero-order valence-electron chi connectivity index (χ0n) is 17.1. The first-order valence-corrected chi connectivity index (χ1v) is 10.4. The molecule has 4 rings (SSSR count). The normalized spacial score (nSPS) is 16.0. The van der Waals surface area contributed by atoms with Crippen molar-refractivity contribution in [2.24, 2.45) is 5.92 Å². The van der Waals surface area contributed by atoms with Crippen molar-refractivity contribution in [3.8, 4) is 0 Å². The number of rotatable bonds is 5. The molecule has 0 spiro atoms. The monoisotopic (exact) mass is 423 g/mol. The number of amides is 4. The molecule has 2 heterocycles. The third kappa shape index (κ3) is 4.83. The highest BCUT2D eigenvalue weighted by atomic mass is 16.5. The van der Waals surface area contributed by atoms with Crippen LogP contribution in [0.25, 0.3) is 0 Å².